The van der Waals surface area contributed by atoms with Crippen LogP contribution in [0.1, 0.15) is 0 Å². The van der Waals surface area contributed by atoms with Gasteiger partial charge in [0.05, 0.1) is 16.7 Å². The average Bonchev–Trinajstić information content (AvgIpc) is 3.82. The number of hydrogen-bond acceptors (Lipinski definition) is 3. The Balaban J connectivity index is 1.05. The summed E-state index contributed by atoms with van der Waals surface area (Å²) in [6.45, 7) is 0. The van der Waals surface area contributed by atoms with Crippen LogP contribution >= 0.6 is 0 Å². The van der Waals surface area contributed by atoms with Crippen LogP contribution in [0.3, 0.4) is 0 Å². The van der Waals surface area contributed by atoms with Crippen LogP contribution in [0.15, 0.2) is 192 Å². The van der Waals surface area contributed by atoms with Crippen molar-refractivity contribution in [1.29, 1.82) is 0 Å². The molecule has 0 fully saturated rings. The third-order valence-corrected chi connectivity index (χ3v) is 11.4. The quantitative estimate of drug-likeness (QED) is 0.167. The topological polar surface area (TPSA) is 43.9 Å². The Morgan fingerprint density at radius 3 is 1.73 bits per heavy atom. The standard InChI is InChI=1S/C52H31N3O/c1-3-13-32(14-4-1)37-29-43-38-26-25-35(28-42(38)41-21-12-24-47-50(41)51(43)48(30-37)56-47)34-17-11-18-36(27-34)44-31-49(54-52(53-44)33-15-5-2-6-16-33)55-45-22-9-7-19-39(45)40-20-8-10-23-46(40)55/h1-31H. The lowest BCUT2D eigenvalue weighted by molar-refractivity contribution is 0.669. The predicted molar refractivity (Wildman–Crippen MR) is 232 cm³/mol. The van der Waals surface area contributed by atoms with Crippen molar-refractivity contribution < 1.29 is 4.42 Å². The zero-order valence-corrected chi connectivity index (χ0v) is 30.1. The first-order valence-electron chi connectivity index (χ1n) is 19.0. The van der Waals surface area contributed by atoms with Crippen LogP contribution in [0.4, 0.5) is 0 Å². The Labute approximate surface area is 321 Å². The summed E-state index contributed by atoms with van der Waals surface area (Å²) in [6, 6.07) is 66.6. The van der Waals surface area contributed by atoms with Gasteiger partial charge in [-0.3, -0.25) is 4.57 Å². The van der Waals surface area contributed by atoms with E-state index in [0.29, 0.717) is 5.82 Å². The molecule has 0 bridgehead atoms. The summed E-state index contributed by atoms with van der Waals surface area (Å²) in [4.78, 5) is 10.4. The van der Waals surface area contributed by atoms with Crippen molar-refractivity contribution in [1.82, 2.24) is 14.5 Å². The smallest absolute Gasteiger partial charge is 0.162 e. The molecule has 9 aromatic carbocycles. The monoisotopic (exact) mass is 713 g/mol. The molecule has 0 spiro atoms. The zero-order valence-electron chi connectivity index (χ0n) is 30.1. The highest BCUT2D eigenvalue weighted by Crippen LogP contribution is 2.45. The fourth-order valence-electron chi connectivity index (χ4n) is 8.80. The molecule has 3 heterocycles. The number of benzene rings is 9. The molecule has 4 heteroatoms. The maximum absolute atomic E-state index is 6.54. The molecule has 0 aliphatic rings. The van der Waals surface area contributed by atoms with E-state index in [2.05, 4.69) is 174 Å². The molecule has 0 saturated heterocycles. The fourth-order valence-corrected chi connectivity index (χ4v) is 8.80. The van der Waals surface area contributed by atoms with Crippen molar-refractivity contribution in [2.24, 2.45) is 0 Å². The number of nitrogens with zero attached hydrogens (tertiary/aromatic N) is 3. The summed E-state index contributed by atoms with van der Waals surface area (Å²) < 4.78 is 8.81. The lowest BCUT2D eigenvalue weighted by Gasteiger charge is -2.14. The van der Waals surface area contributed by atoms with E-state index < -0.39 is 0 Å². The van der Waals surface area contributed by atoms with Gasteiger partial charge in [-0.05, 0) is 86.3 Å². The molecule has 0 atom stereocenters. The highest BCUT2D eigenvalue weighted by atomic mass is 16.3. The predicted octanol–water partition coefficient (Wildman–Crippen LogP) is 13.9. The van der Waals surface area contributed by atoms with Crippen LogP contribution in [0.5, 0.6) is 0 Å². The summed E-state index contributed by atoms with van der Waals surface area (Å²) in [7, 11) is 0. The summed E-state index contributed by atoms with van der Waals surface area (Å²) in [5.74, 6) is 1.52. The molecule has 56 heavy (non-hydrogen) atoms. The molecule has 0 aliphatic carbocycles. The molecule has 0 aliphatic heterocycles. The SMILES string of the molecule is c1ccc(-c2cc3oc4cccc5c6cc(-c7cccc(-c8cc(-n9c%10ccccc%10c%10ccccc%109)nc(-c9ccccc9)n8)c7)ccc6c(c2)c3c45)cc1. The molecular formula is C52H31N3O. The summed E-state index contributed by atoms with van der Waals surface area (Å²) in [5.41, 5.74) is 11.5. The van der Waals surface area contributed by atoms with E-state index in [-0.39, 0.29) is 0 Å². The van der Waals surface area contributed by atoms with Gasteiger partial charge in [0.1, 0.15) is 17.0 Å². The van der Waals surface area contributed by atoms with Crippen LogP contribution in [-0.2, 0) is 0 Å². The molecule has 0 amide bonds. The van der Waals surface area contributed by atoms with Gasteiger partial charge in [0.15, 0.2) is 5.82 Å². The summed E-state index contributed by atoms with van der Waals surface area (Å²) in [6.07, 6.45) is 0. The minimum Gasteiger partial charge on any atom is -0.456 e. The fraction of sp³-hybridized carbons (Fsp3) is 0. The van der Waals surface area contributed by atoms with Gasteiger partial charge in [-0.25, -0.2) is 9.97 Å². The Hall–Kier alpha value is -7.56. The second kappa shape index (κ2) is 12.0. The first-order valence-corrected chi connectivity index (χ1v) is 19.0. The van der Waals surface area contributed by atoms with E-state index >= 15 is 0 Å². The van der Waals surface area contributed by atoms with Gasteiger partial charge < -0.3 is 4.42 Å². The van der Waals surface area contributed by atoms with Gasteiger partial charge >= 0.3 is 0 Å². The van der Waals surface area contributed by atoms with Crippen molar-refractivity contribution in [2.45, 2.75) is 0 Å². The van der Waals surface area contributed by atoms with E-state index in [1.165, 1.54) is 48.7 Å². The Morgan fingerprint density at radius 2 is 0.946 bits per heavy atom. The Bertz CT molecular complexity index is 3420. The van der Waals surface area contributed by atoms with Gasteiger partial charge in [-0.15, -0.1) is 0 Å². The molecule has 0 unspecified atom stereocenters. The van der Waals surface area contributed by atoms with Crippen molar-refractivity contribution in [3.05, 3.63) is 188 Å². The third-order valence-electron chi connectivity index (χ3n) is 11.4. The molecule has 4 nitrogen and oxygen atoms in total. The maximum Gasteiger partial charge on any atom is 0.162 e. The third kappa shape index (κ3) is 4.66. The van der Waals surface area contributed by atoms with Crippen LogP contribution in [0, 0.1) is 0 Å². The van der Waals surface area contributed by atoms with Crippen molar-refractivity contribution >= 4 is 65.3 Å². The number of furan rings is 1. The van der Waals surface area contributed by atoms with Crippen LogP contribution in [0.25, 0.3) is 116 Å². The molecule has 0 saturated carbocycles. The second-order valence-electron chi connectivity index (χ2n) is 14.6. The molecule has 0 N–H and O–H groups in total. The number of aromatic nitrogens is 3. The molecule has 0 radical (unpaired) electrons. The van der Waals surface area contributed by atoms with E-state index in [1.54, 1.807) is 0 Å². The van der Waals surface area contributed by atoms with E-state index in [4.69, 9.17) is 14.4 Å². The molecular weight excluding hydrogens is 683 g/mol. The first-order chi connectivity index (χ1) is 27.7. The minimum absolute atomic E-state index is 0.687. The largest absolute Gasteiger partial charge is 0.456 e. The molecule has 12 aromatic rings. The second-order valence-corrected chi connectivity index (χ2v) is 14.6. The molecule has 3 aromatic heterocycles. The van der Waals surface area contributed by atoms with E-state index in [9.17, 15) is 0 Å². The van der Waals surface area contributed by atoms with Gasteiger partial charge in [0.2, 0.25) is 0 Å². The molecule has 260 valence electrons. The average molecular weight is 714 g/mol. The Kier molecular flexibility index (Phi) is 6.60. The lowest BCUT2D eigenvalue weighted by atomic mass is 9.90. The van der Waals surface area contributed by atoms with E-state index in [1.807, 2.05) is 18.2 Å². The maximum atomic E-state index is 6.54. The van der Waals surface area contributed by atoms with E-state index in [0.717, 1.165) is 61.5 Å². The van der Waals surface area contributed by atoms with Gasteiger partial charge in [-0.2, -0.15) is 0 Å². The summed E-state index contributed by atoms with van der Waals surface area (Å²) >= 11 is 0. The molecule has 12 rings (SSSR count). The van der Waals surface area contributed by atoms with Crippen molar-refractivity contribution in [2.75, 3.05) is 0 Å². The Morgan fingerprint density at radius 1 is 0.339 bits per heavy atom. The van der Waals surface area contributed by atoms with Crippen LogP contribution < -0.4 is 0 Å². The van der Waals surface area contributed by atoms with Gasteiger partial charge in [0.25, 0.3) is 0 Å². The first kappa shape index (κ1) is 30.9. The van der Waals surface area contributed by atoms with Gasteiger partial charge in [-0.1, -0.05) is 140 Å². The van der Waals surface area contributed by atoms with Crippen LogP contribution in [-0.4, -0.2) is 14.5 Å². The summed E-state index contributed by atoms with van der Waals surface area (Å²) in [5, 5.41) is 9.61. The highest BCUT2D eigenvalue weighted by Gasteiger charge is 2.20. The number of fused-ring (bicyclic) bond motifs is 6. The number of hydrogen-bond donors (Lipinski definition) is 0. The van der Waals surface area contributed by atoms with Crippen molar-refractivity contribution in [3.8, 4) is 50.7 Å². The van der Waals surface area contributed by atoms with Gasteiger partial charge in [0, 0.05) is 38.7 Å². The van der Waals surface area contributed by atoms with Crippen molar-refractivity contribution in [3.63, 3.8) is 0 Å². The normalized spacial score (nSPS) is 11.9. The van der Waals surface area contributed by atoms with Crippen LogP contribution in [0.2, 0.25) is 0 Å². The minimum atomic E-state index is 0.687. The number of rotatable bonds is 5. The lowest BCUT2D eigenvalue weighted by Crippen LogP contribution is -2.02. The highest BCUT2D eigenvalue weighted by molar-refractivity contribution is 6.33. The zero-order chi connectivity index (χ0) is 36.7. The number of para-hydroxylation sites is 2.